The number of methoxy groups -OCH3 is 1. The Hall–Kier alpha value is -4.96. The number of benzene rings is 5. The number of carbonyl (C=O) groups is 2. The van der Waals surface area contributed by atoms with E-state index in [0.29, 0.717) is 38.3 Å². The molecule has 2 saturated heterocycles. The third-order valence-electron chi connectivity index (χ3n) is 10.8. The molecular weight excluding hydrogens is 742 g/mol. The number of esters is 1. The van der Waals surface area contributed by atoms with Crippen LogP contribution in [-0.2, 0) is 19.9 Å². The van der Waals surface area contributed by atoms with Gasteiger partial charge in [0.05, 0.1) is 20.3 Å². The standard InChI is InChI=1S/C45H46BrN3O5/c1-32(50)53-30-33-26-27-48(44(51)47-39-22-24-40(52-2)25-23-39)29-41-43(34-18-20-38(46)21-19-34)42(49(41)28-33)31-54-45(35-12-6-3-7-13-35,36-14-8-4-9-15-36)37-16-10-5-11-17-37/h3-25,33,41-43H,26-31H2,1-2H3,(H,47,51)/t33?,41-,42+,43+/m0/s1. The fourth-order valence-electron chi connectivity index (χ4n) is 8.09. The van der Waals surface area contributed by atoms with E-state index in [2.05, 4.69) is 123 Å². The number of carbonyl (C=O) groups excluding carboxylic acids is 2. The molecule has 0 saturated carbocycles. The predicted octanol–water partition coefficient (Wildman–Crippen LogP) is 8.72. The van der Waals surface area contributed by atoms with E-state index in [1.165, 1.54) is 12.5 Å². The van der Waals surface area contributed by atoms with Gasteiger partial charge in [0.1, 0.15) is 11.4 Å². The van der Waals surface area contributed by atoms with Crippen LogP contribution in [0.1, 0.15) is 41.5 Å². The van der Waals surface area contributed by atoms with E-state index in [1.807, 2.05) is 47.4 Å². The van der Waals surface area contributed by atoms with Crippen molar-refractivity contribution in [2.24, 2.45) is 5.92 Å². The summed E-state index contributed by atoms with van der Waals surface area (Å²) < 4.78 is 19.4. The largest absolute Gasteiger partial charge is 0.497 e. The first kappa shape index (κ1) is 37.4. The second-order valence-electron chi connectivity index (χ2n) is 14.1. The van der Waals surface area contributed by atoms with Crippen LogP contribution in [0.3, 0.4) is 0 Å². The highest BCUT2D eigenvalue weighted by molar-refractivity contribution is 9.10. The predicted molar refractivity (Wildman–Crippen MR) is 215 cm³/mol. The van der Waals surface area contributed by atoms with Gasteiger partial charge in [-0.05, 0) is 65.1 Å². The molecule has 5 aromatic carbocycles. The molecule has 2 heterocycles. The van der Waals surface area contributed by atoms with Gasteiger partial charge in [0.2, 0.25) is 0 Å². The van der Waals surface area contributed by atoms with Crippen LogP contribution in [0.4, 0.5) is 10.5 Å². The highest BCUT2D eigenvalue weighted by Crippen LogP contribution is 2.46. The van der Waals surface area contributed by atoms with Crippen molar-refractivity contribution in [3.8, 4) is 5.75 Å². The van der Waals surface area contributed by atoms with E-state index in [-0.39, 0.29) is 42.5 Å². The normalized spacial score (nSPS) is 20.1. The zero-order chi connectivity index (χ0) is 37.5. The van der Waals surface area contributed by atoms with Crippen molar-refractivity contribution in [3.63, 3.8) is 0 Å². The van der Waals surface area contributed by atoms with Crippen molar-refractivity contribution in [1.82, 2.24) is 9.80 Å². The van der Waals surface area contributed by atoms with Crippen LogP contribution in [0.25, 0.3) is 0 Å². The minimum absolute atomic E-state index is 0.00102. The number of rotatable bonds is 11. The molecule has 5 aromatic rings. The van der Waals surface area contributed by atoms with Crippen molar-refractivity contribution in [3.05, 3.63) is 166 Å². The molecule has 9 heteroatoms. The lowest BCUT2D eigenvalue weighted by molar-refractivity contribution is -0.145. The molecule has 4 atom stereocenters. The molecule has 7 rings (SSSR count). The molecule has 0 bridgehead atoms. The fraction of sp³-hybridized carbons (Fsp3) is 0.289. The van der Waals surface area contributed by atoms with Gasteiger partial charge in [-0.25, -0.2) is 4.79 Å². The Morgan fingerprint density at radius 1 is 0.759 bits per heavy atom. The number of urea groups is 1. The number of nitrogens with one attached hydrogen (secondary N) is 1. The summed E-state index contributed by atoms with van der Waals surface area (Å²) in [4.78, 5) is 30.4. The van der Waals surface area contributed by atoms with Crippen LogP contribution in [0.5, 0.6) is 5.75 Å². The first-order chi connectivity index (χ1) is 26.4. The Labute approximate surface area is 326 Å². The molecular formula is C45H46BrN3O5. The van der Waals surface area contributed by atoms with E-state index >= 15 is 0 Å². The summed E-state index contributed by atoms with van der Waals surface area (Å²) in [6.07, 6.45) is 0.686. The SMILES string of the molecule is COc1ccc(NC(=O)N2CCC(COC(C)=O)CN3[C@H](COC(c4ccccc4)(c4ccccc4)c4ccccc4)[C@H](c4ccc(Br)cc4)[C@@H]3C2)cc1. The van der Waals surface area contributed by atoms with Crippen molar-refractivity contribution < 1.29 is 23.8 Å². The maximum absolute atomic E-state index is 14.0. The summed E-state index contributed by atoms with van der Waals surface area (Å²) in [5.41, 5.74) is 4.12. The Morgan fingerprint density at radius 3 is 1.87 bits per heavy atom. The number of hydrogen-bond donors (Lipinski definition) is 1. The van der Waals surface area contributed by atoms with Crippen molar-refractivity contribution in [2.45, 2.75) is 36.9 Å². The first-order valence-electron chi connectivity index (χ1n) is 18.5. The molecule has 8 nitrogen and oxygen atoms in total. The average molecular weight is 789 g/mol. The number of nitrogens with zero attached hydrogens (tertiary/aromatic N) is 2. The van der Waals surface area contributed by atoms with Gasteiger partial charge in [0.25, 0.3) is 0 Å². The Morgan fingerprint density at radius 2 is 1.33 bits per heavy atom. The van der Waals surface area contributed by atoms with Crippen LogP contribution in [-0.4, -0.2) is 73.8 Å². The summed E-state index contributed by atoms with van der Waals surface area (Å²) in [6, 6.07) is 47.0. The lowest BCUT2D eigenvalue weighted by Gasteiger charge is -2.59. The third kappa shape index (κ3) is 8.09. The van der Waals surface area contributed by atoms with Gasteiger partial charge in [0, 0.05) is 60.6 Å². The summed E-state index contributed by atoms with van der Waals surface area (Å²) in [7, 11) is 1.62. The molecule has 2 aliphatic rings. The lowest BCUT2D eigenvalue weighted by Crippen LogP contribution is -2.69. The van der Waals surface area contributed by atoms with E-state index in [4.69, 9.17) is 14.2 Å². The number of ether oxygens (including phenoxy) is 3. The second-order valence-corrected chi connectivity index (χ2v) is 15.0. The van der Waals surface area contributed by atoms with E-state index < -0.39 is 5.60 Å². The summed E-state index contributed by atoms with van der Waals surface area (Å²) >= 11 is 3.64. The van der Waals surface area contributed by atoms with Gasteiger partial charge in [-0.1, -0.05) is 119 Å². The maximum atomic E-state index is 14.0. The molecule has 0 radical (unpaired) electrons. The lowest BCUT2D eigenvalue weighted by atomic mass is 9.73. The van der Waals surface area contributed by atoms with Crippen LogP contribution < -0.4 is 10.1 Å². The zero-order valence-corrected chi connectivity index (χ0v) is 32.2. The molecule has 0 aliphatic carbocycles. The fourth-order valence-corrected chi connectivity index (χ4v) is 8.35. The van der Waals surface area contributed by atoms with Crippen LogP contribution >= 0.6 is 15.9 Å². The highest BCUT2D eigenvalue weighted by Gasteiger charge is 2.52. The third-order valence-corrected chi connectivity index (χ3v) is 11.3. The monoisotopic (exact) mass is 787 g/mol. The van der Waals surface area contributed by atoms with E-state index in [9.17, 15) is 9.59 Å². The van der Waals surface area contributed by atoms with Crippen molar-refractivity contribution in [1.29, 1.82) is 0 Å². The molecule has 2 aliphatic heterocycles. The van der Waals surface area contributed by atoms with Crippen LogP contribution in [0.15, 0.2) is 144 Å². The van der Waals surface area contributed by atoms with Crippen molar-refractivity contribution in [2.75, 3.05) is 45.3 Å². The van der Waals surface area contributed by atoms with Gasteiger partial charge in [-0.2, -0.15) is 0 Å². The number of anilines is 1. The maximum Gasteiger partial charge on any atom is 0.321 e. The topological polar surface area (TPSA) is 80.3 Å². The van der Waals surface area contributed by atoms with Gasteiger partial charge < -0.3 is 24.4 Å². The zero-order valence-electron chi connectivity index (χ0n) is 30.6. The molecule has 2 fully saturated rings. The molecule has 0 spiro atoms. The molecule has 278 valence electrons. The quantitative estimate of drug-likeness (QED) is 0.107. The molecule has 0 aromatic heterocycles. The summed E-state index contributed by atoms with van der Waals surface area (Å²) in [6.45, 7) is 3.91. The van der Waals surface area contributed by atoms with Gasteiger partial charge in [-0.3, -0.25) is 9.69 Å². The van der Waals surface area contributed by atoms with E-state index in [0.717, 1.165) is 26.9 Å². The minimum Gasteiger partial charge on any atom is -0.497 e. The van der Waals surface area contributed by atoms with Crippen LogP contribution in [0, 0.1) is 5.92 Å². The molecule has 1 N–H and O–H groups in total. The summed E-state index contributed by atoms with van der Waals surface area (Å²) in [5.74, 6) is 0.488. The second kappa shape index (κ2) is 17.0. The van der Waals surface area contributed by atoms with Crippen molar-refractivity contribution >= 4 is 33.6 Å². The van der Waals surface area contributed by atoms with Gasteiger partial charge in [0.15, 0.2) is 0 Å². The highest BCUT2D eigenvalue weighted by atomic mass is 79.9. The van der Waals surface area contributed by atoms with Gasteiger partial charge >= 0.3 is 12.0 Å². The molecule has 2 amide bonds. The number of amides is 2. The number of fused-ring (bicyclic) bond motifs is 1. The Bertz CT molecular complexity index is 1880. The smallest absolute Gasteiger partial charge is 0.321 e. The molecule has 1 unspecified atom stereocenters. The van der Waals surface area contributed by atoms with Crippen LogP contribution in [0.2, 0.25) is 0 Å². The Balaban J connectivity index is 1.26. The number of halogens is 1. The first-order valence-corrected chi connectivity index (χ1v) is 19.3. The van der Waals surface area contributed by atoms with E-state index in [1.54, 1.807) is 7.11 Å². The average Bonchev–Trinajstić information content (AvgIpc) is 3.20. The number of hydrogen-bond acceptors (Lipinski definition) is 6. The van der Waals surface area contributed by atoms with Gasteiger partial charge in [-0.15, -0.1) is 0 Å². The Kier molecular flexibility index (Phi) is 11.8. The molecule has 54 heavy (non-hydrogen) atoms. The minimum atomic E-state index is -0.886. The summed E-state index contributed by atoms with van der Waals surface area (Å²) in [5, 5.41) is 3.11.